The molecule has 7 nitrogen and oxygen atoms in total. The maximum absolute atomic E-state index is 10.9. The molecule has 0 bridgehead atoms. The van der Waals surface area contributed by atoms with Gasteiger partial charge in [0.2, 0.25) is 0 Å². The number of aliphatic carboxylic acids is 1. The summed E-state index contributed by atoms with van der Waals surface area (Å²) in [7, 11) is 0. The molecule has 0 fully saturated rings. The van der Waals surface area contributed by atoms with E-state index in [0.29, 0.717) is 25.5 Å². The van der Waals surface area contributed by atoms with Crippen molar-refractivity contribution in [3.63, 3.8) is 0 Å². The van der Waals surface area contributed by atoms with E-state index in [1.54, 1.807) is 18.5 Å². The zero-order valence-corrected chi connectivity index (χ0v) is 10.3. The van der Waals surface area contributed by atoms with Crippen molar-refractivity contribution in [3.05, 3.63) is 5.82 Å². The minimum Gasteiger partial charge on any atom is -0.481 e. The number of nitrogens with zero attached hydrogens (tertiary/aromatic N) is 4. The van der Waals surface area contributed by atoms with Crippen molar-refractivity contribution in [1.29, 1.82) is 0 Å². The molecule has 96 valence electrons. The Bertz CT molecular complexity index is 366. The number of hydrogen-bond donors (Lipinski definition) is 1. The molecule has 2 unspecified atom stereocenters. The lowest BCUT2D eigenvalue weighted by Crippen LogP contribution is -2.24. The normalized spacial score (nSPS) is 14.5. The van der Waals surface area contributed by atoms with Crippen LogP contribution >= 0.6 is 0 Å². The second-order valence-electron chi connectivity index (χ2n) is 3.85. The zero-order valence-electron chi connectivity index (χ0n) is 10.3. The molecule has 0 saturated heterocycles. The standard InChI is InChI=1S/C10H18N4O3/c1-4-17-6-5-9-11-12-13-14(9)8(3)7(2)10(15)16/h7-8H,4-6H2,1-3H3,(H,15,16). The van der Waals surface area contributed by atoms with Gasteiger partial charge in [0.15, 0.2) is 5.82 Å². The highest BCUT2D eigenvalue weighted by Gasteiger charge is 2.24. The SMILES string of the molecule is CCOCCc1nnnn1C(C)C(C)C(=O)O. The molecule has 7 heteroatoms. The Labute approximate surface area is 99.8 Å². The van der Waals surface area contributed by atoms with Crippen molar-refractivity contribution >= 4 is 5.97 Å². The minimum atomic E-state index is -0.858. The molecule has 1 aromatic rings. The summed E-state index contributed by atoms with van der Waals surface area (Å²) in [5, 5.41) is 20.2. The van der Waals surface area contributed by atoms with Gasteiger partial charge < -0.3 is 9.84 Å². The largest absolute Gasteiger partial charge is 0.481 e. The Morgan fingerprint density at radius 2 is 2.24 bits per heavy atom. The van der Waals surface area contributed by atoms with Gasteiger partial charge in [-0.05, 0) is 31.2 Å². The summed E-state index contributed by atoms with van der Waals surface area (Å²) in [5.41, 5.74) is 0. The topological polar surface area (TPSA) is 90.1 Å². The van der Waals surface area contributed by atoms with Crippen LogP contribution in [0.2, 0.25) is 0 Å². The monoisotopic (exact) mass is 242 g/mol. The number of carboxylic acid groups (broad SMARTS) is 1. The Morgan fingerprint density at radius 3 is 2.82 bits per heavy atom. The highest BCUT2D eigenvalue weighted by Crippen LogP contribution is 2.17. The first-order valence-electron chi connectivity index (χ1n) is 5.65. The summed E-state index contributed by atoms with van der Waals surface area (Å²) in [5.74, 6) is -0.743. The quantitative estimate of drug-likeness (QED) is 0.701. The number of tetrazole rings is 1. The van der Waals surface area contributed by atoms with Crippen molar-refractivity contribution in [3.8, 4) is 0 Å². The molecule has 1 aromatic heterocycles. The molecule has 17 heavy (non-hydrogen) atoms. The fraction of sp³-hybridized carbons (Fsp3) is 0.800. The van der Waals surface area contributed by atoms with Gasteiger partial charge in [0.25, 0.3) is 0 Å². The molecular weight excluding hydrogens is 224 g/mol. The van der Waals surface area contributed by atoms with Crippen LogP contribution in [0, 0.1) is 5.92 Å². The van der Waals surface area contributed by atoms with E-state index in [4.69, 9.17) is 9.84 Å². The van der Waals surface area contributed by atoms with Gasteiger partial charge in [-0.25, -0.2) is 4.68 Å². The molecule has 0 aliphatic heterocycles. The van der Waals surface area contributed by atoms with Crippen LogP contribution in [-0.2, 0) is 16.0 Å². The summed E-state index contributed by atoms with van der Waals surface area (Å²) in [6.07, 6.45) is 0.581. The van der Waals surface area contributed by atoms with Crippen molar-refractivity contribution in [1.82, 2.24) is 20.2 Å². The van der Waals surface area contributed by atoms with Crippen LogP contribution in [0.1, 0.15) is 32.6 Å². The maximum atomic E-state index is 10.9. The lowest BCUT2D eigenvalue weighted by Gasteiger charge is -2.17. The van der Waals surface area contributed by atoms with Crippen molar-refractivity contribution in [2.24, 2.45) is 5.92 Å². The molecule has 0 aromatic carbocycles. The molecule has 1 rings (SSSR count). The van der Waals surface area contributed by atoms with Crippen molar-refractivity contribution in [2.45, 2.75) is 33.2 Å². The lowest BCUT2D eigenvalue weighted by molar-refractivity contribution is -0.142. The van der Waals surface area contributed by atoms with E-state index in [9.17, 15) is 4.79 Å². The van der Waals surface area contributed by atoms with E-state index < -0.39 is 11.9 Å². The lowest BCUT2D eigenvalue weighted by atomic mass is 10.0. The van der Waals surface area contributed by atoms with Gasteiger partial charge in [0.1, 0.15) is 0 Å². The summed E-state index contributed by atoms with van der Waals surface area (Å²) in [4.78, 5) is 10.9. The Hall–Kier alpha value is -1.50. The minimum absolute atomic E-state index is 0.279. The Morgan fingerprint density at radius 1 is 1.53 bits per heavy atom. The highest BCUT2D eigenvalue weighted by atomic mass is 16.5. The second-order valence-corrected chi connectivity index (χ2v) is 3.85. The van der Waals surface area contributed by atoms with E-state index in [1.165, 1.54) is 0 Å². The van der Waals surface area contributed by atoms with Crippen LogP contribution in [0.15, 0.2) is 0 Å². The molecule has 0 radical (unpaired) electrons. The average Bonchev–Trinajstić information content (AvgIpc) is 2.75. The van der Waals surface area contributed by atoms with Gasteiger partial charge in [-0.1, -0.05) is 0 Å². The molecule has 1 heterocycles. The van der Waals surface area contributed by atoms with Crippen LogP contribution < -0.4 is 0 Å². The van der Waals surface area contributed by atoms with Gasteiger partial charge in [0, 0.05) is 13.0 Å². The van der Waals surface area contributed by atoms with Crippen LogP contribution in [0.25, 0.3) is 0 Å². The molecule has 2 atom stereocenters. The number of rotatable bonds is 7. The summed E-state index contributed by atoms with van der Waals surface area (Å²) in [6.45, 7) is 6.52. The number of aromatic nitrogens is 4. The van der Waals surface area contributed by atoms with Crippen molar-refractivity contribution in [2.75, 3.05) is 13.2 Å². The molecule has 1 N–H and O–H groups in total. The third-order valence-corrected chi connectivity index (χ3v) is 2.73. The van der Waals surface area contributed by atoms with Gasteiger partial charge >= 0.3 is 5.97 Å². The van der Waals surface area contributed by atoms with Crippen LogP contribution in [0.4, 0.5) is 0 Å². The van der Waals surface area contributed by atoms with E-state index in [2.05, 4.69) is 15.5 Å². The first kappa shape index (κ1) is 13.6. The molecule has 0 amide bonds. The van der Waals surface area contributed by atoms with Gasteiger partial charge in [-0.3, -0.25) is 4.79 Å². The number of ether oxygens (including phenoxy) is 1. The second kappa shape index (κ2) is 6.29. The molecular formula is C10H18N4O3. The van der Waals surface area contributed by atoms with E-state index in [-0.39, 0.29) is 6.04 Å². The predicted octanol–water partition coefficient (Wildman–Crippen LogP) is 0.534. The van der Waals surface area contributed by atoms with Crippen LogP contribution in [0.5, 0.6) is 0 Å². The van der Waals surface area contributed by atoms with Crippen LogP contribution in [0.3, 0.4) is 0 Å². The van der Waals surface area contributed by atoms with Gasteiger partial charge in [-0.15, -0.1) is 5.10 Å². The summed E-state index contributed by atoms with van der Waals surface area (Å²) in [6, 6.07) is -0.279. The molecule has 0 spiro atoms. The molecule has 0 saturated carbocycles. The number of carbonyl (C=O) groups is 1. The maximum Gasteiger partial charge on any atom is 0.308 e. The van der Waals surface area contributed by atoms with Gasteiger partial charge in [-0.2, -0.15) is 0 Å². The highest BCUT2D eigenvalue weighted by molar-refractivity contribution is 5.70. The first-order chi connectivity index (χ1) is 8.07. The average molecular weight is 242 g/mol. The smallest absolute Gasteiger partial charge is 0.308 e. The fourth-order valence-electron chi connectivity index (χ4n) is 1.42. The number of hydrogen-bond acceptors (Lipinski definition) is 5. The van der Waals surface area contributed by atoms with E-state index in [0.717, 1.165) is 0 Å². The Kier molecular flexibility index (Phi) is 5.02. The molecule has 0 aliphatic carbocycles. The van der Waals surface area contributed by atoms with Gasteiger partial charge in [0.05, 0.1) is 18.6 Å². The van der Waals surface area contributed by atoms with E-state index >= 15 is 0 Å². The summed E-state index contributed by atoms with van der Waals surface area (Å²) < 4.78 is 6.78. The predicted molar refractivity (Wildman–Crippen MR) is 59.5 cm³/mol. The number of carboxylic acids is 1. The van der Waals surface area contributed by atoms with Crippen LogP contribution in [-0.4, -0.2) is 44.5 Å². The fourth-order valence-corrected chi connectivity index (χ4v) is 1.42. The summed E-state index contributed by atoms with van der Waals surface area (Å²) >= 11 is 0. The van der Waals surface area contributed by atoms with E-state index in [1.807, 2.05) is 6.92 Å². The first-order valence-corrected chi connectivity index (χ1v) is 5.65. The zero-order chi connectivity index (χ0) is 12.8. The third-order valence-electron chi connectivity index (χ3n) is 2.73. The Balaban J connectivity index is 2.70. The third kappa shape index (κ3) is 3.48. The van der Waals surface area contributed by atoms with Crippen molar-refractivity contribution < 1.29 is 14.6 Å². The molecule has 0 aliphatic rings.